The van der Waals surface area contributed by atoms with Crippen LogP contribution in [0, 0.1) is 6.92 Å². The molecule has 1 atom stereocenters. The number of hydrazine groups is 2. The zero-order valence-electron chi connectivity index (χ0n) is 27.9. The van der Waals surface area contributed by atoms with Crippen LogP contribution in [0.25, 0.3) is 0 Å². The maximum Gasteiger partial charge on any atom is 0.255 e. The molecule has 11 nitrogen and oxygen atoms in total. The topological polar surface area (TPSA) is 127 Å². The second-order valence-electron chi connectivity index (χ2n) is 13.5. The number of carbonyl (C=O) groups is 1. The molecule has 248 valence electrons. The minimum atomic E-state index is -3.58. The van der Waals surface area contributed by atoms with Crippen LogP contribution in [0.3, 0.4) is 0 Å². The van der Waals surface area contributed by atoms with Gasteiger partial charge in [-0.25, -0.2) is 8.42 Å². The highest BCUT2D eigenvalue weighted by Crippen LogP contribution is 2.51. The number of amides is 1. The second-order valence-corrected chi connectivity index (χ2v) is 15.2. The first-order valence-electron chi connectivity index (χ1n) is 15.7. The molecule has 4 N–H and O–H groups in total. The molecule has 3 aromatic carbocycles. The van der Waals surface area contributed by atoms with Crippen molar-refractivity contribution in [1.29, 1.82) is 0 Å². The highest BCUT2D eigenvalue weighted by atomic mass is 32.2. The molecule has 3 aromatic rings. The molecule has 0 radical (unpaired) electrons. The smallest absolute Gasteiger partial charge is 0.255 e. The predicted octanol–water partition coefficient (Wildman–Crippen LogP) is 5.04. The van der Waals surface area contributed by atoms with Crippen molar-refractivity contribution >= 4 is 38.8 Å². The van der Waals surface area contributed by atoms with Crippen LogP contribution in [-0.2, 0) is 20.9 Å². The summed E-state index contributed by atoms with van der Waals surface area (Å²) in [7, 11) is -0.0539. The van der Waals surface area contributed by atoms with E-state index in [0.717, 1.165) is 47.4 Å². The summed E-state index contributed by atoms with van der Waals surface area (Å²) in [5, 5.41) is 4.86. The van der Waals surface area contributed by atoms with Gasteiger partial charge in [0.05, 0.1) is 48.7 Å². The number of hydrogen-bond donors (Lipinski definition) is 4. The maximum absolute atomic E-state index is 13.7. The van der Waals surface area contributed by atoms with Gasteiger partial charge >= 0.3 is 0 Å². The van der Waals surface area contributed by atoms with E-state index in [4.69, 9.17) is 9.73 Å². The van der Waals surface area contributed by atoms with E-state index in [-0.39, 0.29) is 28.5 Å². The Morgan fingerprint density at radius 2 is 1.79 bits per heavy atom. The monoisotopic (exact) mass is 657 g/mol. The molecule has 1 unspecified atom stereocenters. The van der Waals surface area contributed by atoms with E-state index < -0.39 is 10.0 Å². The number of sulfonamides is 1. The van der Waals surface area contributed by atoms with E-state index in [2.05, 4.69) is 78.0 Å². The van der Waals surface area contributed by atoms with Crippen molar-refractivity contribution in [3.8, 4) is 5.75 Å². The van der Waals surface area contributed by atoms with Gasteiger partial charge in [0.25, 0.3) is 5.91 Å². The number of benzene rings is 3. The van der Waals surface area contributed by atoms with Crippen molar-refractivity contribution < 1.29 is 17.9 Å². The molecule has 2 heterocycles. The zero-order valence-corrected chi connectivity index (χ0v) is 28.7. The molecule has 0 bridgehead atoms. The molecule has 1 fully saturated rings. The third kappa shape index (κ3) is 6.39. The fraction of sp³-hybridized carbons (Fsp3) is 0.371. The van der Waals surface area contributed by atoms with E-state index in [1.807, 2.05) is 42.4 Å². The number of carbonyl (C=O) groups excluding carboxylic acids is 1. The predicted molar refractivity (Wildman–Crippen MR) is 187 cm³/mol. The number of amidine groups is 1. The van der Waals surface area contributed by atoms with Gasteiger partial charge in [-0.15, -0.1) is 5.53 Å². The van der Waals surface area contributed by atoms with Gasteiger partial charge < -0.3 is 20.4 Å². The second kappa shape index (κ2) is 11.9. The van der Waals surface area contributed by atoms with Crippen LogP contribution < -0.4 is 30.7 Å². The lowest BCUT2D eigenvalue weighted by atomic mass is 9.83. The van der Waals surface area contributed by atoms with Crippen LogP contribution in [-0.4, -0.2) is 58.1 Å². The van der Waals surface area contributed by atoms with Gasteiger partial charge in [0.15, 0.2) is 5.75 Å². The molecule has 6 rings (SSSR count). The summed E-state index contributed by atoms with van der Waals surface area (Å²) in [5.74, 6) is 0.926. The van der Waals surface area contributed by atoms with Gasteiger partial charge in [-0.3, -0.25) is 19.5 Å². The fourth-order valence-corrected chi connectivity index (χ4v) is 6.91. The number of nitrogens with one attached hydrogen (secondary N) is 4. The summed E-state index contributed by atoms with van der Waals surface area (Å²) in [5.41, 5.74) is 12.2. The standard InChI is InChI=1S/C35H43N7O4S/c1-22-13-14-23(32(43)37-26-18-25(35(4)15-16-35)19-27(31(26)46-6)39-47(7,44)45)17-29(22)42-21-28(38-40-42)30-20-36-33(41(30)5)34(2,3)24-11-9-8-10-12-24/h8-14,17-19,21,30,38-40H,15-16,20H2,1-7H3,(H,37,43). The molecular weight excluding hydrogens is 614 g/mol. The van der Waals surface area contributed by atoms with E-state index in [0.29, 0.717) is 23.5 Å². The molecule has 0 aromatic heterocycles. The highest BCUT2D eigenvalue weighted by Gasteiger charge is 2.41. The SMILES string of the molecule is COc1c(NC(=O)c2ccc(C)c(N3C=C(C4CN=C(C(C)(C)c5ccccc5)N4C)NN3)c2)cc(C2(C)CC2)cc1NS(C)(=O)=O. The van der Waals surface area contributed by atoms with Gasteiger partial charge in [0, 0.05) is 24.2 Å². The average molecular weight is 658 g/mol. The number of rotatable bonds is 10. The molecule has 3 aliphatic rings. The van der Waals surface area contributed by atoms with Gasteiger partial charge in [-0.2, -0.15) is 0 Å². The fourth-order valence-electron chi connectivity index (χ4n) is 6.36. The zero-order chi connectivity index (χ0) is 33.7. The minimum Gasteiger partial charge on any atom is -0.492 e. The van der Waals surface area contributed by atoms with Gasteiger partial charge in [0.2, 0.25) is 10.0 Å². The minimum absolute atomic E-state index is 0.0140. The Morgan fingerprint density at radius 3 is 2.45 bits per heavy atom. The average Bonchev–Trinajstić information content (AvgIpc) is 3.39. The summed E-state index contributed by atoms with van der Waals surface area (Å²) >= 11 is 0. The number of ether oxygens (including phenoxy) is 1. The largest absolute Gasteiger partial charge is 0.492 e. The van der Waals surface area contributed by atoms with E-state index in [9.17, 15) is 13.2 Å². The third-order valence-corrected chi connectivity index (χ3v) is 10.1. The molecule has 0 saturated heterocycles. The summed E-state index contributed by atoms with van der Waals surface area (Å²) in [6.07, 6.45) is 5.06. The molecular formula is C35H43N7O4S. The number of hydrogen-bond acceptors (Lipinski definition) is 9. The van der Waals surface area contributed by atoms with E-state index in [1.165, 1.54) is 12.7 Å². The van der Waals surface area contributed by atoms with Crippen LogP contribution in [0.2, 0.25) is 0 Å². The Balaban J connectivity index is 1.23. The molecule has 1 amide bonds. The van der Waals surface area contributed by atoms with Crippen LogP contribution in [0.1, 0.15) is 60.7 Å². The first-order chi connectivity index (χ1) is 22.2. The molecule has 2 aliphatic heterocycles. The Bertz CT molecular complexity index is 1880. The van der Waals surface area contributed by atoms with Crippen LogP contribution in [0.15, 0.2) is 77.6 Å². The molecule has 47 heavy (non-hydrogen) atoms. The van der Waals surface area contributed by atoms with E-state index >= 15 is 0 Å². The number of likely N-dealkylation sites (N-methyl/N-ethyl adjacent to an activating group) is 1. The van der Waals surface area contributed by atoms with Gasteiger partial charge in [-0.1, -0.05) is 43.3 Å². The van der Waals surface area contributed by atoms with Gasteiger partial charge in [0.1, 0.15) is 5.84 Å². The van der Waals surface area contributed by atoms with E-state index in [1.54, 1.807) is 12.1 Å². The summed E-state index contributed by atoms with van der Waals surface area (Å²) in [6.45, 7) is 9.12. The summed E-state index contributed by atoms with van der Waals surface area (Å²) in [6, 6.07) is 19.6. The highest BCUT2D eigenvalue weighted by molar-refractivity contribution is 7.92. The van der Waals surface area contributed by atoms with Gasteiger partial charge in [-0.05, 0) is 80.0 Å². The lowest BCUT2D eigenvalue weighted by Gasteiger charge is -2.33. The Labute approximate surface area is 277 Å². The number of anilines is 3. The molecule has 12 heteroatoms. The number of nitrogens with zero attached hydrogens (tertiary/aromatic N) is 3. The maximum atomic E-state index is 13.7. The quantitative estimate of drug-likeness (QED) is 0.239. The number of methoxy groups -OCH3 is 1. The number of aliphatic imine (C=N–C) groups is 1. The van der Waals surface area contributed by atoms with Crippen LogP contribution in [0.4, 0.5) is 17.1 Å². The lowest BCUT2D eigenvalue weighted by molar-refractivity contribution is 0.102. The van der Waals surface area contributed by atoms with Crippen molar-refractivity contribution in [2.45, 2.75) is 57.4 Å². The molecule has 0 spiro atoms. The van der Waals surface area contributed by atoms with Crippen LogP contribution >= 0.6 is 0 Å². The summed E-state index contributed by atoms with van der Waals surface area (Å²) in [4.78, 5) is 20.9. The van der Waals surface area contributed by atoms with Crippen molar-refractivity contribution in [2.75, 3.05) is 42.0 Å². The Hall–Kier alpha value is -4.55. The molecule has 1 aliphatic carbocycles. The third-order valence-electron chi connectivity index (χ3n) is 9.48. The Morgan fingerprint density at radius 1 is 1.09 bits per heavy atom. The first kappa shape index (κ1) is 32.4. The van der Waals surface area contributed by atoms with Crippen molar-refractivity contribution in [3.63, 3.8) is 0 Å². The summed E-state index contributed by atoms with van der Waals surface area (Å²) < 4.78 is 32.5. The number of aryl methyl sites for hydroxylation is 1. The Kier molecular flexibility index (Phi) is 8.21. The first-order valence-corrected chi connectivity index (χ1v) is 17.6. The normalized spacial score (nSPS) is 18.7. The lowest BCUT2D eigenvalue weighted by Crippen LogP contribution is -2.46. The van der Waals surface area contributed by atoms with Crippen molar-refractivity contribution in [2.24, 2.45) is 4.99 Å². The van der Waals surface area contributed by atoms with Crippen molar-refractivity contribution in [3.05, 3.63) is 94.8 Å². The van der Waals surface area contributed by atoms with Crippen molar-refractivity contribution in [1.82, 2.24) is 15.9 Å². The molecule has 1 saturated carbocycles. The van der Waals surface area contributed by atoms with Crippen LogP contribution in [0.5, 0.6) is 5.75 Å².